The smallest absolute Gasteiger partial charge is 0.145 e. The fourth-order valence-electron chi connectivity index (χ4n) is 7.82. The molecule has 1 heteroatoms. The van der Waals surface area contributed by atoms with E-state index in [0.717, 1.165) is 29.5 Å². The van der Waals surface area contributed by atoms with Gasteiger partial charge in [0.1, 0.15) is 5.78 Å². The van der Waals surface area contributed by atoms with Gasteiger partial charge in [-0.2, -0.15) is 0 Å². The van der Waals surface area contributed by atoms with E-state index in [1.54, 1.807) is 0 Å². The van der Waals surface area contributed by atoms with Crippen molar-refractivity contribution in [1.82, 2.24) is 0 Å². The highest BCUT2D eigenvalue weighted by molar-refractivity contribution is 5.96. The third kappa shape index (κ3) is 3.78. The van der Waals surface area contributed by atoms with Crippen LogP contribution in [-0.4, -0.2) is 5.78 Å². The summed E-state index contributed by atoms with van der Waals surface area (Å²) in [5.41, 5.74) is 0.294. The van der Waals surface area contributed by atoms with Gasteiger partial charge in [0.2, 0.25) is 0 Å². The van der Waals surface area contributed by atoms with E-state index in [9.17, 15) is 4.79 Å². The summed E-state index contributed by atoms with van der Waals surface area (Å²) in [6.45, 7) is 4.67. The molecule has 0 unspecified atom stereocenters. The molecule has 0 amide bonds. The summed E-state index contributed by atoms with van der Waals surface area (Å²) in [5.74, 6) is 4.61. The first-order valence-corrected chi connectivity index (χ1v) is 12.7. The Morgan fingerprint density at radius 2 is 1.30 bits per heavy atom. The van der Waals surface area contributed by atoms with E-state index >= 15 is 0 Å². The topological polar surface area (TPSA) is 17.1 Å². The quantitative estimate of drug-likeness (QED) is 0.483. The number of hydrogen-bond donors (Lipinski definition) is 0. The van der Waals surface area contributed by atoms with Crippen molar-refractivity contribution >= 4 is 5.78 Å². The molecular weight excluding hydrogens is 328 g/mol. The van der Waals surface area contributed by atoms with Gasteiger partial charge >= 0.3 is 0 Å². The highest BCUT2D eigenvalue weighted by Gasteiger charge is 2.63. The summed E-state index contributed by atoms with van der Waals surface area (Å²) in [7, 11) is 0. The monoisotopic (exact) mass is 372 g/mol. The van der Waals surface area contributed by atoms with E-state index in [4.69, 9.17) is 0 Å². The van der Waals surface area contributed by atoms with E-state index in [0.29, 0.717) is 0 Å². The number of carbonyl (C=O) groups excluding carboxylic acids is 1. The van der Waals surface area contributed by atoms with Crippen molar-refractivity contribution in [3.8, 4) is 0 Å². The first kappa shape index (κ1) is 20.0. The minimum atomic E-state index is 0.146. The van der Waals surface area contributed by atoms with Gasteiger partial charge in [-0.3, -0.25) is 4.79 Å². The molecule has 2 spiro atoms. The van der Waals surface area contributed by atoms with E-state index in [2.05, 4.69) is 13.8 Å². The second kappa shape index (κ2) is 8.19. The van der Waals surface area contributed by atoms with Gasteiger partial charge in [-0.15, -0.1) is 0 Å². The fourth-order valence-corrected chi connectivity index (χ4v) is 7.82. The van der Waals surface area contributed by atoms with Crippen molar-refractivity contribution in [2.45, 2.75) is 123 Å². The predicted molar refractivity (Wildman–Crippen MR) is 114 cm³/mol. The van der Waals surface area contributed by atoms with Crippen molar-refractivity contribution < 1.29 is 4.79 Å². The molecule has 0 bridgehead atoms. The Morgan fingerprint density at radius 1 is 0.741 bits per heavy atom. The standard InChI is InChI=1S/C26H44O/c1-3-5-6-21-11-15-25(16-12-21)19-26(24(25)27)17-13-23(14-18-26)22-9-7-20(4-2)8-10-22/h20-23H,3-19H2,1-2H3/t20?,21?,22?,23-,25-,26-. The summed E-state index contributed by atoms with van der Waals surface area (Å²) in [6, 6.07) is 0. The molecule has 4 saturated carbocycles. The minimum Gasteiger partial charge on any atom is -0.298 e. The molecule has 0 heterocycles. The van der Waals surface area contributed by atoms with E-state index in [-0.39, 0.29) is 10.8 Å². The summed E-state index contributed by atoms with van der Waals surface area (Å²) in [4.78, 5) is 13.4. The zero-order valence-electron chi connectivity index (χ0n) is 18.2. The zero-order chi connectivity index (χ0) is 18.9. The Bertz CT molecular complexity index is 496. The van der Waals surface area contributed by atoms with Crippen molar-refractivity contribution in [1.29, 1.82) is 0 Å². The molecule has 4 rings (SSSR count). The van der Waals surface area contributed by atoms with Gasteiger partial charge < -0.3 is 0 Å². The highest BCUT2D eigenvalue weighted by atomic mass is 16.1. The molecule has 0 aromatic heterocycles. The SMILES string of the molecule is CCCCC1CC[C@]2(CC1)C[C@@]1(CC[C@H](C3CCC(CC)CC3)CC1)C2=O. The van der Waals surface area contributed by atoms with Crippen molar-refractivity contribution in [2.75, 3.05) is 0 Å². The number of rotatable bonds is 5. The van der Waals surface area contributed by atoms with Crippen LogP contribution in [0, 0.1) is 34.5 Å². The number of carbonyl (C=O) groups is 1. The summed E-state index contributed by atoms with van der Waals surface area (Å²) >= 11 is 0. The Hall–Kier alpha value is -0.330. The predicted octanol–water partition coefficient (Wildman–Crippen LogP) is 7.72. The first-order valence-electron chi connectivity index (χ1n) is 12.7. The minimum absolute atomic E-state index is 0.146. The molecule has 4 fully saturated rings. The molecule has 0 saturated heterocycles. The van der Waals surface area contributed by atoms with E-state index in [1.165, 1.54) is 109 Å². The lowest BCUT2D eigenvalue weighted by atomic mass is 9.42. The van der Waals surface area contributed by atoms with Gasteiger partial charge in [0.15, 0.2) is 0 Å². The fraction of sp³-hybridized carbons (Fsp3) is 0.962. The maximum Gasteiger partial charge on any atom is 0.145 e. The maximum absolute atomic E-state index is 13.4. The summed E-state index contributed by atoms with van der Waals surface area (Å²) in [6.07, 6.45) is 23.0. The second-order valence-electron chi connectivity index (χ2n) is 11.2. The average molecular weight is 373 g/mol. The van der Waals surface area contributed by atoms with Crippen molar-refractivity contribution in [3.63, 3.8) is 0 Å². The van der Waals surface area contributed by atoms with E-state index < -0.39 is 0 Å². The van der Waals surface area contributed by atoms with Crippen LogP contribution in [0.15, 0.2) is 0 Å². The first-order chi connectivity index (χ1) is 13.1. The largest absolute Gasteiger partial charge is 0.298 e. The third-order valence-electron chi connectivity index (χ3n) is 9.79. The second-order valence-corrected chi connectivity index (χ2v) is 11.2. The highest BCUT2D eigenvalue weighted by Crippen LogP contribution is 2.64. The van der Waals surface area contributed by atoms with Gasteiger partial charge in [0, 0.05) is 10.8 Å². The molecule has 4 aliphatic rings. The Labute approximate surface area is 168 Å². The van der Waals surface area contributed by atoms with Crippen LogP contribution in [0.25, 0.3) is 0 Å². The van der Waals surface area contributed by atoms with Crippen LogP contribution in [-0.2, 0) is 4.79 Å². The normalized spacial score (nSPS) is 45.2. The molecule has 0 radical (unpaired) electrons. The number of Topliss-reactive ketones (excluding diaryl/α,β-unsaturated/α-hetero) is 1. The average Bonchev–Trinajstić information content (AvgIpc) is 2.73. The third-order valence-corrected chi connectivity index (χ3v) is 9.79. The molecule has 1 nitrogen and oxygen atoms in total. The Kier molecular flexibility index (Phi) is 6.06. The van der Waals surface area contributed by atoms with Gasteiger partial charge in [-0.05, 0) is 94.3 Å². The zero-order valence-corrected chi connectivity index (χ0v) is 18.2. The maximum atomic E-state index is 13.4. The van der Waals surface area contributed by atoms with Crippen LogP contribution < -0.4 is 0 Å². The number of hydrogen-bond acceptors (Lipinski definition) is 1. The Balaban J connectivity index is 1.25. The van der Waals surface area contributed by atoms with Crippen molar-refractivity contribution in [2.24, 2.45) is 34.5 Å². The molecule has 4 aliphatic carbocycles. The molecule has 0 atom stereocenters. The molecule has 154 valence electrons. The lowest BCUT2D eigenvalue weighted by molar-refractivity contribution is -0.169. The Morgan fingerprint density at radius 3 is 1.81 bits per heavy atom. The van der Waals surface area contributed by atoms with Gasteiger partial charge in [0.25, 0.3) is 0 Å². The number of ketones is 1. The summed E-state index contributed by atoms with van der Waals surface area (Å²) in [5, 5.41) is 0. The van der Waals surface area contributed by atoms with Gasteiger partial charge in [0.05, 0.1) is 0 Å². The van der Waals surface area contributed by atoms with Crippen LogP contribution >= 0.6 is 0 Å². The van der Waals surface area contributed by atoms with Crippen molar-refractivity contribution in [3.05, 3.63) is 0 Å². The van der Waals surface area contributed by atoms with Crippen LogP contribution in [0.4, 0.5) is 0 Å². The van der Waals surface area contributed by atoms with Crippen LogP contribution in [0.2, 0.25) is 0 Å². The molecule has 0 N–H and O–H groups in total. The van der Waals surface area contributed by atoms with Crippen LogP contribution in [0.5, 0.6) is 0 Å². The van der Waals surface area contributed by atoms with E-state index in [1.807, 2.05) is 0 Å². The lowest BCUT2D eigenvalue weighted by Crippen LogP contribution is -2.59. The lowest BCUT2D eigenvalue weighted by Gasteiger charge is -2.59. The number of unbranched alkanes of at least 4 members (excludes halogenated alkanes) is 1. The molecule has 0 aromatic rings. The molecule has 0 aromatic carbocycles. The summed E-state index contributed by atoms with van der Waals surface area (Å²) < 4.78 is 0. The van der Waals surface area contributed by atoms with Crippen LogP contribution in [0.1, 0.15) is 123 Å². The van der Waals surface area contributed by atoms with Gasteiger partial charge in [-0.1, -0.05) is 52.4 Å². The molecular formula is C26H44O. The van der Waals surface area contributed by atoms with Crippen LogP contribution in [0.3, 0.4) is 0 Å². The van der Waals surface area contributed by atoms with Gasteiger partial charge in [-0.25, -0.2) is 0 Å². The molecule has 27 heavy (non-hydrogen) atoms. The molecule has 0 aliphatic heterocycles.